The molecule has 1 aromatic heterocycles. The molecule has 0 radical (unpaired) electrons. The minimum absolute atomic E-state index is 0.271. The highest BCUT2D eigenvalue weighted by atomic mass is 127. The number of esters is 1. The van der Waals surface area contributed by atoms with Crippen molar-refractivity contribution in [1.82, 2.24) is 4.57 Å². The van der Waals surface area contributed by atoms with E-state index in [0.717, 1.165) is 13.8 Å². The number of amides is 1. The number of nitrogens with zero attached hydrogens (tertiary/aromatic N) is 2. The van der Waals surface area contributed by atoms with Crippen molar-refractivity contribution in [3.8, 4) is 0 Å². The second kappa shape index (κ2) is 7.49. The Kier molecular flexibility index (Phi) is 5.33. The molecule has 128 valence electrons. The van der Waals surface area contributed by atoms with Gasteiger partial charge in [-0.1, -0.05) is 23.5 Å². The van der Waals surface area contributed by atoms with Crippen LogP contribution in [0.3, 0.4) is 0 Å². The first kappa shape index (κ1) is 17.8. The Balaban J connectivity index is 2.14. The van der Waals surface area contributed by atoms with Crippen molar-refractivity contribution < 1.29 is 14.3 Å². The molecule has 0 saturated heterocycles. The lowest BCUT2D eigenvalue weighted by molar-refractivity contribution is 0.0601. The summed E-state index contributed by atoms with van der Waals surface area (Å²) in [7, 11) is 1.36. The molecular formula is C18H15IN2O3S. The third-order valence-electron chi connectivity index (χ3n) is 3.72. The summed E-state index contributed by atoms with van der Waals surface area (Å²) in [4.78, 5) is 29.2. The SMILES string of the molecule is CCn1c(=NC(=O)c2ccccc2I)sc2cc(C(=O)OC)ccc21. The normalized spacial score (nSPS) is 11.7. The van der Waals surface area contributed by atoms with Crippen molar-refractivity contribution in [1.29, 1.82) is 0 Å². The highest BCUT2D eigenvalue weighted by Gasteiger charge is 2.12. The number of hydrogen-bond acceptors (Lipinski definition) is 4. The summed E-state index contributed by atoms with van der Waals surface area (Å²) in [5, 5.41) is 0. The smallest absolute Gasteiger partial charge is 0.337 e. The molecule has 7 heteroatoms. The molecule has 0 N–H and O–H groups in total. The maximum Gasteiger partial charge on any atom is 0.337 e. The van der Waals surface area contributed by atoms with Crippen molar-refractivity contribution in [2.45, 2.75) is 13.5 Å². The van der Waals surface area contributed by atoms with Crippen LogP contribution in [0.5, 0.6) is 0 Å². The van der Waals surface area contributed by atoms with Crippen LogP contribution in [0.1, 0.15) is 27.6 Å². The summed E-state index contributed by atoms with van der Waals surface area (Å²) in [6, 6.07) is 12.7. The number of ether oxygens (including phenoxy) is 1. The quantitative estimate of drug-likeness (QED) is 0.435. The molecule has 0 aliphatic carbocycles. The predicted molar refractivity (Wildman–Crippen MR) is 106 cm³/mol. The molecule has 1 amide bonds. The predicted octanol–water partition coefficient (Wildman–Crippen LogP) is 3.86. The Morgan fingerprint density at radius 1 is 1.24 bits per heavy atom. The largest absolute Gasteiger partial charge is 0.465 e. The van der Waals surface area contributed by atoms with Gasteiger partial charge in [-0.15, -0.1) is 0 Å². The van der Waals surface area contributed by atoms with E-state index in [2.05, 4.69) is 27.6 Å². The lowest BCUT2D eigenvalue weighted by atomic mass is 10.2. The molecule has 0 saturated carbocycles. The van der Waals surface area contributed by atoms with E-state index in [1.807, 2.05) is 35.8 Å². The molecule has 0 aliphatic heterocycles. The van der Waals surface area contributed by atoms with E-state index in [4.69, 9.17) is 4.74 Å². The molecule has 0 aliphatic rings. The summed E-state index contributed by atoms with van der Waals surface area (Å²) in [5.41, 5.74) is 2.00. The molecule has 0 spiro atoms. The monoisotopic (exact) mass is 466 g/mol. The van der Waals surface area contributed by atoms with Crippen LogP contribution in [0.25, 0.3) is 10.2 Å². The first-order valence-electron chi connectivity index (χ1n) is 7.60. The Morgan fingerprint density at radius 3 is 2.68 bits per heavy atom. The number of carbonyl (C=O) groups excluding carboxylic acids is 2. The molecule has 0 fully saturated rings. The zero-order chi connectivity index (χ0) is 18.0. The average molecular weight is 466 g/mol. The number of carbonyl (C=O) groups is 2. The van der Waals surface area contributed by atoms with Gasteiger partial charge >= 0.3 is 5.97 Å². The highest BCUT2D eigenvalue weighted by molar-refractivity contribution is 14.1. The molecule has 3 rings (SSSR count). The van der Waals surface area contributed by atoms with E-state index in [9.17, 15) is 9.59 Å². The molecule has 0 atom stereocenters. The van der Waals surface area contributed by atoms with Gasteiger partial charge in [-0.25, -0.2) is 4.79 Å². The maximum absolute atomic E-state index is 12.5. The molecule has 3 aromatic rings. The second-order valence-corrected chi connectivity index (χ2v) is 7.37. The third-order valence-corrected chi connectivity index (χ3v) is 5.70. The Bertz CT molecular complexity index is 1040. The van der Waals surface area contributed by atoms with E-state index in [-0.39, 0.29) is 11.9 Å². The van der Waals surface area contributed by atoms with Crippen LogP contribution in [0.2, 0.25) is 0 Å². The summed E-state index contributed by atoms with van der Waals surface area (Å²) in [6.07, 6.45) is 0. The number of benzene rings is 2. The van der Waals surface area contributed by atoms with Crippen molar-refractivity contribution >= 4 is 56.0 Å². The Hall–Kier alpha value is -2.00. The summed E-state index contributed by atoms with van der Waals surface area (Å²) in [5.74, 6) is -0.654. The minimum Gasteiger partial charge on any atom is -0.465 e. The van der Waals surface area contributed by atoms with Crippen molar-refractivity contribution in [2.75, 3.05) is 7.11 Å². The van der Waals surface area contributed by atoms with Gasteiger partial charge in [0.2, 0.25) is 0 Å². The van der Waals surface area contributed by atoms with Crippen LogP contribution in [-0.2, 0) is 11.3 Å². The highest BCUT2D eigenvalue weighted by Crippen LogP contribution is 2.20. The molecule has 2 aromatic carbocycles. The summed E-state index contributed by atoms with van der Waals surface area (Å²) < 4.78 is 8.49. The standard InChI is InChI=1S/C18H15IN2O3S/c1-3-21-14-9-8-11(17(23)24-2)10-15(14)25-18(21)20-16(22)12-6-4-5-7-13(12)19/h4-10H,3H2,1-2H3. The van der Waals surface area contributed by atoms with E-state index < -0.39 is 0 Å². The number of aromatic nitrogens is 1. The fourth-order valence-corrected chi connectivity index (χ4v) is 4.24. The summed E-state index contributed by atoms with van der Waals surface area (Å²) in [6.45, 7) is 2.67. The number of thiazole rings is 1. The van der Waals surface area contributed by atoms with E-state index in [1.54, 1.807) is 18.2 Å². The average Bonchev–Trinajstić information content (AvgIpc) is 2.97. The van der Waals surface area contributed by atoms with Gasteiger partial charge in [0.1, 0.15) is 0 Å². The van der Waals surface area contributed by atoms with Crippen molar-refractivity contribution in [2.24, 2.45) is 4.99 Å². The Labute approximate surface area is 162 Å². The van der Waals surface area contributed by atoms with Crippen molar-refractivity contribution in [3.05, 3.63) is 62.0 Å². The van der Waals surface area contributed by atoms with Gasteiger partial charge < -0.3 is 9.30 Å². The lowest BCUT2D eigenvalue weighted by Crippen LogP contribution is -2.16. The number of halogens is 1. The fraction of sp³-hybridized carbons (Fsp3) is 0.167. The first-order valence-corrected chi connectivity index (χ1v) is 9.50. The van der Waals surface area contributed by atoms with Crippen LogP contribution in [0, 0.1) is 3.57 Å². The number of rotatable bonds is 3. The van der Waals surface area contributed by atoms with E-state index in [0.29, 0.717) is 22.5 Å². The number of fused-ring (bicyclic) bond motifs is 1. The first-order chi connectivity index (χ1) is 12.0. The van der Waals surface area contributed by atoms with Gasteiger partial charge in [-0.3, -0.25) is 4.79 Å². The second-order valence-electron chi connectivity index (χ2n) is 5.20. The van der Waals surface area contributed by atoms with E-state index in [1.165, 1.54) is 18.4 Å². The third kappa shape index (κ3) is 3.52. The van der Waals surface area contributed by atoms with Crippen LogP contribution >= 0.6 is 33.9 Å². The molecule has 1 heterocycles. The molecule has 5 nitrogen and oxygen atoms in total. The number of hydrogen-bond donors (Lipinski definition) is 0. The zero-order valence-electron chi connectivity index (χ0n) is 13.7. The van der Waals surface area contributed by atoms with Gasteiger partial charge in [0.05, 0.1) is 28.5 Å². The molecule has 0 unspecified atom stereocenters. The summed E-state index contributed by atoms with van der Waals surface area (Å²) >= 11 is 3.52. The minimum atomic E-state index is -0.383. The van der Waals surface area contributed by atoms with Crippen LogP contribution in [0.4, 0.5) is 0 Å². The van der Waals surface area contributed by atoms with Crippen LogP contribution < -0.4 is 4.80 Å². The number of aryl methyl sites for hydroxylation is 1. The molecular weight excluding hydrogens is 451 g/mol. The van der Waals surface area contributed by atoms with Gasteiger partial charge in [0.15, 0.2) is 4.80 Å². The fourth-order valence-electron chi connectivity index (χ4n) is 2.49. The Morgan fingerprint density at radius 2 is 2.00 bits per heavy atom. The molecule has 0 bridgehead atoms. The zero-order valence-corrected chi connectivity index (χ0v) is 16.6. The van der Waals surface area contributed by atoms with Gasteiger partial charge in [0, 0.05) is 10.1 Å². The topological polar surface area (TPSA) is 60.7 Å². The van der Waals surface area contributed by atoms with Gasteiger partial charge in [0.25, 0.3) is 5.91 Å². The maximum atomic E-state index is 12.5. The van der Waals surface area contributed by atoms with Gasteiger partial charge in [-0.2, -0.15) is 4.99 Å². The van der Waals surface area contributed by atoms with Crippen LogP contribution in [-0.4, -0.2) is 23.6 Å². The van der Waals surface area contributed by atoms with Crippen LogP contribution in [0.15, 0.2) is 47.5 Å². The van der Waals surface area contributed by atoms with E-state index >= 15 is 0 Å². The van der Waals surface area contributed by atoms with Gasteiger partial charge in [-0.05, 0) is 59.8 Å². The number of methoxy groups -OCH3 is 1. The van der Waals surface area contributed by atoms with Crippen molar-refractivity contribution in [3.63, 3.8) is 0 Å². The molecule has 25 heavy (non-hydrogen) atoms. The lowest BCUT2D eigenvalue weighted by Gasteiger charge is -2.02.